The Labute approximate surface area is 201 Å². The Bertz CT molecular complexity index is 1580. The monoisotopic (exact) mass is 465 g/mol. The first-order valence-electron chi connectivity index (χ1n) is 11.3. The van der Waals surface area contributed by atoms with Crippen molar-refractivity contribution in [2.45, 2.75) is 33.0 Å². The van der Waals surface area contributed by atoms with Gasteiger partial charge in [0.1, 0.15) is 5.58 Å². The lowest BCUT2D eigenvalue weighted by molar-refractivity contribution is 0.0698. The molecule has 1 atom stereocenters. The number of para-hydroxylation sites is 1. The SMILES string of the molecule is Cc1cc(C(C)Nc2ccccc2C(=O)O)c2oc(N3Cc4ccc(C#N)cc4C3)cc(=O)c2c1. The van der Waals surface area contributed by atoms with Crippen LogP contribution < -0.4 is 15.6 Å². The van der Waals surface area contributed by atoms with Crippen LogP contribution in [-0.4, -0.2) is 11.1 Å². The van der Waals surface area contributed by atoms with Crippen molar-refractivity contribution in [2.24, 2.45) is 0 Å². The number of hydrogen-bond acceptors (Lipinski definition) is 6. The minimum atomic E-state index is -1.02. The molecule has 3 aromatic carbocycles. The number of fused-ring (bicyclic) bond motifs is 2. The molecule has 7 heteroatoms. The maximum Gasteiger partial charge on any atom is 0.337 e. The number of aromatic carboxylic acids is 1. The fourth-order valence-corrected chi connectivity index (χ4v) is 4.63. The summed E-state index contributed by atoms with van der Waals surface area (Å²) in [6.07, 6.45) is 0. The largest absolute Gasteiger partial charge is 0.478 e. The maximum atomic E-state index is 13.1. The van der Waals surface area contributed by atoms with E-state index in [4.69, 9.17) is 4.42 Å². The zero-order valence-electron chi connectivity index (χ0n) is 19.3. The summed E-state index contributed by atoms with van der Waals surface area (Å²) in [6, 6.07) is 19.4. The van der Waals surface area contributed by atoms with E-state index < -0.39 is 5.97 Å². The van der Waals surface area contributed by atoms with Gasteiger partial charge in [-0.25, -0.2) is 4.79 Å². The van der Waals surface area contributed by atoms with Crippen LogP contribution in [0.3, 0.4) is 0 Å². The zero-order chi connectivity index (χ0) is 24.7. The molecule has 0 saturated carbocycles. The number of benzene rings is 3. The van der Waals surface area contributed by atoms with Crippen molar-refractivity contribution in [3.63, 3.8) is 0 Å². The van der Waals surface area contributed by atoms with Gasteiger partial charge in [0, 0.05) is 30.4 Å². The molecule has 1 aromatic heterocycles. The second kappa shape index (κ2) is 8.65. The van der Waals surface area contributed by atoms with Crippen LogP contribution in [0.4, 0.5) is 11.6 Å². The number of hydrogen-bond donors (Lipinski definition) is 2. The number of carboxylic acids is 1. The van der Waals surface area contributed by atoms with Gasteiger partial charge in [-0.3, -0.25) is 4.79 Å². The standard InChI is InChI=1S/C28H23N3O4/c1-16-9-22(17(2)30-24-6-4-3-5-21(24)28(33)34)27-23(10-16)25(32)12-26(35-27)31-14-19-8-7-18(13-29)11-20(19)15-31/h3-12,17,30H,14-15H2,1-2H3,(H,33,34). The molecule has 0 radical (unpaired) electrons. The van der Waals surface area contributed by atoms with Crippen LogP contribution in [-0.2, 0) is 13.1 Å². The Morgan fingerprint density at radius 1 is 1.11 bits per heavy atom. The molecule has 2 N–H and O–H groups in total. The van der Waals surface area contributed by atoms with Gasteiger partial charge in [-0.1, -0.05) is 24.3 Å². The van der Waals surface area contributed by atoms with Crippen molar-refractivity contribution in [1.29, 1.82) is 5.26 Å². The van der Waals surface area contributed by atoms with Gasteiger partial charge >= 0.3 is 5.97 Å². The van der Waals surface area contributed by atoms with E-state index >= 15 is 0 Å². The lowest BCUT2D eigenvalue weighted by atomic mass is 10.0. The Kier molecular flexibility index (Phi) is 5.50. The number of aryl methyl sites for hydroxylation is 1. The smallest absolute Gasteiger partial charge is 0.337 e. The molecular weight excluding hydrogens is 442 g/mol. The predicted molar refractivity (Wildman–Crippen MR) is 134 cm³/mol. The lowest BCUT2D eigenvalue weighted by Crippen LogP contribution is -2.17. The molecule has 0 bridgehead atoms. The van der Waals surface area contributed by atoms with E-state index in [1.165, 1.54) is 6.07 Å². The van der Waals surface area contributed by atoms with Gasteiger partial charge in [-0.15, -0.1) is 0 Å². The van der Waals surface area contributed by atoms with E-state index in [9.17, 15) is 20.0 Å². The first-order chi connectivity index (χ1) is 16.8. The normalized spacial score (nSPS) is 13.3. The summed E-state index contributed by atoms with van der Waals surface area (Å²) in [5.74, 6) is -0.558. The first-order valence-corrected chi connectivity index (χ1v) is 11.3. The van der Waals surface area contributed by atoms with Crippen LogP contribution in [0.2, 0.25) is 0 Å². The molecule has 0 aliphatic carbocycles. The van der Waals surface area contributed by atoms with Crippen LogP contribution in [0.5, 0.6) is 0 Å². The first kappa shape index (κ1) is 22.2. The summed E-state index contributed by atoms with van der Waals surface area (Å²) in [5.41, 5.74) is 5.40. The van der Waals surface area contributed by atoms with E-state index in [0.717, 1.165) is 22.3 Å². The number of nitriles is 1. The molecule has 1 unspecified atom stereocenters. The molecule has 7 nitrogen and oxygen atoms in total. The topological polar surface area (TPSA) is 107 Å². The molecule has 1 aliphatic heterocycles. The number of rotatable bonds is 5. The number of anilines is 2. The van der Waals surface area contributed by atoms with Crippen LogP contribution in [0.25, 0.3) is 11.0 Å². The van der Waals surface area contributed by atoms with Gasteiger partial charge in [-0.2, -0.15) is 5.26 Å². The second-order valence-electron chi connectivity index (χ2n) is 8.85. The molecule has 35 heavy (non-hydrogen) atoms. The highest BCUT2D eigenvalue weighted by Crippen LogP contribution is 2.33. The van der Waals surface area contributed by atoms with Gasteiger partial charge in [0.2, 0.25) is 5.88 Å². The highest BCUT2D eigenvalue weighted by molar-refractivity contribution is 5.94. The third kappa shape index (κ3) is 4.11. The molecule has 174 valence electrons. The molecule has 2 heterocycles. The Morgan fingerprint density at radius 2 is 1.89 bits per heavy atom. The Morgan fingerprint density at radius 3 is 2.66 bits per heavy atom. The number of carboxylic acid groups (broad SMARTS) is 1. The summed E-state index contributed by atoms with van der Waals surface area (Å²) in [5, 5.41) is 22.5. The summed E-state index contributed by atoms with van der Waals surface area (Å²) in [4.78, 5) is 26.8. The zero-order valence-corrected chi connectivity index (χ0v) is 19.3. The minimum absolute atomic E-state index is 0.141. The van der Waals surface area contributed by atoms with Crippen LogP contribution in [0.1, 0.15) is 51.1 Å². The average Bonchev–Trinajstić information content (AvgIpc) is 3.27. The van der Waals surface area contributed by atoms with Gasteiger partial charge in [0.15, 0.2) is 5.43 Å². The van der Waals surface area contributed by atoms with Crippen molar-refractivity contribution < 1.29 is 14.3 Å². The molecule has 5 rings (SSSR count). The van der Waals surface area contributed by atoms with E-state index in [-0.39, 0.29) is 17.0 Å². The van der Waals surface area contributed by atoms with Crippen molar-refractivity contribution in [3.8, 4) is 6.07 Å². The summed E-state index contributed by atoms with van der Waals surface area (Å²) in [7, 11) is 0. The van der Waals surface area contributed by atoms with Gasteiger partial charge in [-0.05, 0) is 60.9 Å². The van der Waals surface area contributed by atoms with Crippen molar-refractivity contribution in [1.82, 2.24) is 0 Å². The van der Waals surface area contributed by atoms with Crippen LogP contribution >= 0.6 is 0 Å². The van der Waals surface area contributed by atoms with E-state index in [0.29, 0.717) is 41.2 Å². The summed E-state index contributed by atoms with van der Waals surface area (Å²) < 4.78 is 6.34. The van der Waals surface area contributed by atoms with Crippen molar-refractivity contribution >= 4 is 28.5 Å². The van der Waals surface area contributed by atoms with Crippen molar-refractivity contribution in [2.75, 3.05) is 10.2 Å². The Balaban J connectivity index is 1.55. The second-order valence-corrected chi connectivity index (χ2v) is 8.85. The highest BCUT2D eigenvalue weighted by atomic mass is 16.4. The van der Waals surface area contributed by atoms with Crippen molar-refractivity contribution in [3.05, 3.63) is 104 Å². The molecule has 0 fully saturated rings. The van der Waals surface area contributed by atoms with E-state index in [1.54, 1.807) is 30.3 Å². The van der Waals surface area contributed by atoms with Crippen LogP contribution in [0.15, 0.2) is 69.9 Å². The molecule has 0 amide bonds. The third-order valence-corrected chi connectivity index (χ3v) is 6.35. The lowest BCUT2D eigenvalue weighted by Gasteiger charge is -2.21. The number of nitrogens with one attached hydrogen (secondary N) is 1. The van der Waals surface area contributed by atoms with E-state index in [1.807, 2.05) is 43.0 Å². The number of nitrogens with zero attached hydrogens (tertiary/aromatic N) is 2. The summed E-state index contributed by atoms with van der Waals surface area (Å²) >= 11 is 0. The van der Waals surface area contributed by atoms with Crippen LogP contribution in [0, 0.1) is 18.3 Å². The average molecular weight is 466 g/mol. The molecule has 4 aromatic rings. The fraction of sp³-hybridized carbons (Fsp3) is 0.179. The highest BCUT2D eigenvalue weighted by Gasteiger charge is 2.24. The molecule has 0 spiro atoms. The Hall–Kier alpha value is -4.57. The van der Waals surface area contributed by atoms with E-state index in [2.05, 4.69) is 11.4 Å². The maximum absolute atomic E-state index is 13.1. The fourth-order valence-electron chi connectivity index (χ4n) is 4.63. The summed E-state index contributed by atoms with van der Waals surface area (Å²) in [6.45, 7) is 4.95. The molecular formula is C28H23N3O4. The molecule has 1 aliphatic rings. The van der Waals surface area contributed by atoms with Gasteiger partial charge in [0.25, 0.3) is 0 Å². The predicted octanol–water partition coefficient (Wildman–Crippen LogP) is 5.36. The minimum Gasteiger partial charge on any atom is -0.478 e. The molecule has 0 saturated heterocycles. The number of carbonyl (C=O) groups is 1. The quantitative estimate of drug-likeness (QED) is 0.408. The van der Waals surface area contributed by atoms with Gasteiger partial charge in [0.05, 0.1) is 28.6 Å². The third-order valence-electron chi connectivity index (χ3n) is 6.35. The van der Waals surface area contributed by atoms with Gasteiger partial charge < -0.3 is 19.7 Å².